The summed E-state index contributed by atoms with van der Waals surface area (Å²) in [4.78, 5) is 23.4. The minimum Gasteiger partial charge on any atom is -0.465 e. The normalized spacial score (nSPS) is 22.7. The number of aryl methyl sites for hydroxylation is 1. The van der Waals surface area contributed by atoms with E-state index in [1.165, 1.54) is 10.9 Å². The zero-order valence-corrected chi connectivity index (χ0v) is 12.1. The average molecular weight is 297 g/mol. The number of nitro groups is 1. The fraction of sp³-hybridized carbons (Fsp3) is 0.667. The second kappa shape index (κ2) is 5.58. The maximum absolute atomic E-state index is 11.1. The molecule has 1 saturated heterocycles. The van der Waals surface area contributed by atoms with Crippen LogP contribution in [0, 0.1) is 10.1 Å². The van der Waals surface area contributed by atoms with E-state index in [1.807, 2.05) is 11.8 Å². The molecule has 1 aliphatic heterocycles. The molecule has 1 fully saturated rings. The van der Waals surface area contributed by atoms with Crippen LogP contribution < -0.4 is 10.2 Å². The van der Waals surface area contributed by atoms with Crippen molar-refractivity contribution in [3.63, 3.8) is 0 Å². The molecule has 0 bridgehead atoms. The van der Waals surface area contributed by atoms with E-state index in [4.69, 9.17) is 5.11 Å². The summed E-state index contributed by atoms with van der Waals surface area (Å²) < 4.78 is 1.49. The van der Waals surface area contributed by atoms with Crippen LogP contribution in [0.2, 0.25) is 0 Å². The lowest BCUT2D eigenvalue weighted by Crippen LogP contribution is -2.46. The summed E-state index contributed by atoms with van der Waals surface area (Å²) in [5.41, 5.74) is -0.527. The molecule has 0 radical (unpaired) electrons. The maximum atomic E-state index is 11.1. The lowest BCUT2D eigenvalue weighted by Gasteiger charge is -2.28. The molecule has 0 saturated carbocycles. The Bertz CT molecular complexity index is 558. The van der Waals surface area contributed by atoms with Crippen LogP contribution >= 0.6 is 0 Å². The van der Waals surface area contributed by atoms with Crippen LogP contribution in [0.4, 0.5) is 16.3 Å². The summed E-state index contributed by atoms with van der Waals surface area (Å²) in [6.45, 7) is 3.04. The molecule has 1 atom stereocenters. The van der Waals surface area contributed by atoms with Gasteiger partial charge >= 0.3 is 11.8 Å². The maximum Gasteiger partial charge on any atom is 0.405 e. The van der Waals surface area contributed by atoms with E-state index in [0.717, 1.165) is 6.42 Å². The van der Waals surface area contributed by atoms with Gasteiger partial charge in [0, 0.05) is 25.7 Å². The van der Waals surface area contributed by atoms with E-state index in [0.29, 0.717) is 31.7 Å². The largest absolute Gasteiger partial charge is 0.465 e. The number of hydrogen-bond donors (Lipinski definition) is 2. The van der Waals surface area contributed by atoms with Gasteiger partial charge in [-0.1, -0.05) is 0 Å². The van der Waals surface area contributed by atoms with Crippen molar-refractivity contribution in [3.05, 3.63) is 16.3 Å². The third kappa shape index (κ3) is 3.23. The van der Waals surface area contributed by atoms with Crippen LogP contribution in [0.1, 0.15) is 26.2 Å². The number of nitrogens with zero attached hydrogens (tertiary/aromatic N) is 4. The van der Waals surface area contributed by atoms with Gasteiger partial charge in [0.1, 0.15) is 6.20 Å². The molecule has 116 valence electrons. The van der Waals surface area contributed by atoms with Gasteiger partial charge in [0.2, 0.25) is 5.82 Å². The standard InChI is InChI=1S/C12H19N5O4/c1-12(14-11(18)19)4-3-6-16(7-5-12)10-9(17(20)21)8-13-15(10)2/h8,14H,3-7H2,1-2H3,(H,18,19). The first-order valence-corrected chi connectivity index (χ1v) is 6.75. The van der Waals surface area contributed by atoms with Crippen molar-refractivity contribution in [2.75, 3.05) is 18.0 Å². The van der Waals surface area contributed by atoms with Crippen LogP contribution in [0.5, 0.6) is 0 Å². The SMILES string of the molecule is Cn1ncc([N+](=O)[O-])c1N1CCCC(C)(NC(=O)O)CC1. The van der Waals surface area contributed by atoms with E-state index >= 15 is 0 Å². The number of carboxylic acid groups (broad SMARTS) is 1. The number of nitrogens with one attached hydrogen (secondary N) is 1. The van der Waals surface area contributed by atoms with Gasteiger partial charge in [0.15, 0.2) is 0 Å². The highest BCUT2D eigenvalue weighted by Crippen LogP contribution is 2.31. The van der Waals surface area contributed by atoms with Crippen LogP contribution in [0.25, 0.3) is 0 Å². The van der Waals surface area contributed by atoms with Gasteiger partial charge in [-0.25, -0.2) is 9.48 Å². The van der Waals surface area contributed by atoms with Crippen molar-refractivity contribution in [1.82, 2.24) is 15.1 Å². The zero-order valence-electron chi connectivity index (χ0n) is 12.1. The summed E-state index contributed by atoms with van der Waals surface area (Å²) in [6, 6.07) is 0. The number of rotatable bonds is 3. The predicted molar refractivity (Wildman–Crippen MR) is 75.5 cm³/mol. The molecule has 1 amide bonds. The van der Waals surface area contributed by atoms with Crippen LogP contribution in [-0.4, -0.2) is 44.5 Å². The molecule has 1 aromatic heterocycles. The van der Waals surface area contributed by atoms with Gasteiger partial charge in [0.25, 0.3) is 0 Å². The molecule has 2 N–H and O–H groups in total. The number of amides is 1. The number of aromatic nitrogens is 2. The number of carbonyl (C=O) groups is 1. The van der Waals surface area contributed by atoms with E-state index in [-0.39, 0.29) is 5.69 Å². The van der Waals surface area contributed by atoms with Crippen molar-refractivity contribution in [3.8, 4) is 0 Å². The van der Waals surface area contributed by atoms with Gasteiger partial charge in [-0.3, -0.25) is 10.1 Å². The van der Waals surface area contributed by atoms with Crippen molar-refractivity contribution >= 4 is 17.6 Å². The fourth-order valence-corrected chi connectivity index (χ4v) is 2.79. The van der Waals surface area contributed by atoms with Crippen LogP contribution in [0.15, 0.2) is 6.20 Å². The van der Waals surface area contributed by atoms with Crippen molar-refractivity contribution in [1.29, 1.82) is 0 Å². The molecular formula is C12H19N5O4. The average Bonchev–Trinajstić information content (AvgIpc) is 2.65. The minimum absolute atomic E-state index is 0.0210. The first-order valence-electron chi connectivity index (χ1n) is 6.75. The Hall–Kier alpha value is -2.32. The van der Waals surface area contributed by atoms with Crippen LogP contribution in [0.3, 0.4) is 0 Å². The second-order valence-electron chi connectivity index (χ2n) is 5.57. The fourth-order valence-electron chi connectivity index (χ4n) is 2.79. The molecule has 1 unspecified atom stereocenters. The zero-order chi connectivity index (χ0) is 15.6. The lowest BCUT2D eigenvalue weighted by molar-refractivity contribution is -0.384. The summed E-state index contributed by atoms with van der Waals surface area (Å²) in [7, 11) is 1.67. The third-order valence-corrected chi connectivity index (χ3v) is 3.88. The van der Waals surface area contributed by atoms with Gasteiger partial charge < -0.3 is 15.3 Å². The molecular weight excluding hydrogens is 278 g/mol. The van der Waals surface area contributed by atoms with Gasteiger partial charge in [-0.2, -0.15) is 5.10 Å². The Kier molecular flexibility index (Phi) is 4.01. The van der Waals surface area contributed by atoms with Crippen molar-refractivity contribution in [2.45, 2.75) is 31.7 Å². The third-order valence-electron chi connectivity index (χ3n) is 3.88. The molecule has 21 heavy (non-hydrogen) atoms. The van der Waals surface area contributed by atoms with Crippen LogP contribution in [-0.2, 0) is 7.05 Å². The topological polar surface area (TPSA) is 114 Å². The molecule has 2 rings (SSSR count). The smallest absolute Gasteiger partial charge is 0.405 e. The molecule has 0 aromatic carbocycles. The lowest BCUT2D eigenvalue weighted by atomic mass is 9.93. The molecule has 1 aromatic rings. The Labute approximate surface area is 121 Å². The summed E-state index contributed by atoms with van der Waals surface area (Å²) in [5.74, 6) is 0.472. The Morgan fingerprint density at radius 2 is 2.24 bits per heavy atom. The van der Waals surface area contributed by atoms with Crippen molar-refractivity contribution < 1.29 is 14.8 Å². The molecule has 9 nitrogen and oxygen atoms in total. The highest BCUT2D eigenvalue weighted by Gasteiger charge is 2.32. The van der Waals surface area contributed by atoms with Crippen molar-refractivity contribution in [2.24, 2.45) is 7.05 Å². The highest BCUT2D eigenvalue weighted by atomic mass is 16.6. The molecule has 1 aliphatic rings. The van der Waals surface area contributed by atoms with E-state index < -0.39 is 16.6 Å². The molecule has 0 aliphatic carbocycles. The first-order chi connectivity index (χ1) is 9.82. The van der Waals surface area contributed by atoms with Gasteiger partial charge in [0.05, 0.1) is 4.92 Å². The summed E-state index contributed by atoms with van der Waals surface area (Å²) in [5, 5.41) is 26.5. The summed E-state index contributed by atoms with van der Waals surface area (Å²) in [6.07, 6.45) is 2.23. The van der Waals surface area contributed by atoms with E-state index in [1.54, 1.807) is 7.05 Å². The number of hydrogen-bond acceptors (Lipinski definition) is 5. The summed E-state index contributed by atoms with van der Waals surface area (Å²) >= 11 is 0. The minimum atomic E-state index is -1.04. The van der Waals surface area contributed by atoms with Gasteiger partial charge in [-0.05, 0) is 26.2 Å². The second-order valence-corrected chi connectivity index (χ2v) is 5.57. The van der Waals surface area contributed by atoms with E-state index in [2.05, 4.69) is 10.4 Å². The first kappa shape index (κ1) is 15.1. The monoisotopic (exact) mass is 297 g/mol. The quantitative estimate of drug-likeness (QED) is 0.643. The molecule has 0 spiro atoms. The highest BCUT2D eigenvalue weighted by molar-refractivity contribution is 5.65. The number of anilines is 1. The molecule has 9 heteroatoms. The Morgan fingerprint density at radius 3 is 2.86 bits per heavy atom. The molecule has 2 heterocycles. The van der Waals surface area contributed by atoms with Gasteiger partial charge in [-0.15, -0.1) is 0 Å². The van der Waals surface area contributed by atoms with E-state index in [9.17, 15) is 14.9 Å². The predicted octanol–water partition coefficient (Wildman–Crippen LogP) is 1.34. The Balaban J connectivity index is 2.19. The Morgan fingerprint density at radius 1 is 1.52 bits per heavy atom.